The molecule has 0 atom stereocenters. The number of Topliss-reactive ketones (excluding diaryl/α,β-unsaturated/α-hetero) is 1. The van der Waals surface area contributed by atoms with Crippen molar-refractivity contribution in [3.05, 3.63) is 40.3 Å². The van der Waals surface area contributed by atoms with Crippen LogP contribution in [-0.2, 0) is 26.0 Å². The maximum Gasteiger partial charge on any atom is 0.309 e. The van der Waals surface area contributed by atoms with Crippen LogP contribution in [0.1, 0.15) is 27.4 Å². The zero-order valence-corrected chi connectivity index (χ0v) is 18.2. The minimum atomic E-state index is -3.23. The van der Waals surface area contributed by atoms with Gasteiger partial charge >= 0.3 is 5.97 Å². The molecule has 3 rings (SSSR count). The molecule has 2 aromatic heterocycles. The Kier molecular flexibility index (Phi) is 7.51. The Hall–Kier alpha value is -2.37. The lowest BCUT2D eigenvalue weighted by Crippen LogP contribution is -2.38. The van der Waals surface area contributed by atoms with Crippen LogP contribution in [0.5, 0.6) is 0 Å². The van der Waals surface area contributed by atoms with Crippen molar-refractivity contribution < 1.29 is 22.7 Å². The number of nitrogens with zero attached hydrogens (tertiary/aromatic N) is 3. The molecule has 1 N–H and O–H groups in total. The van der Waals surface area contributed by atoms with Gasteiger partial charge in [-0.1, -0.05) is 0 Å². The van der Waals surface area contributed by atoms with Gasteiger partial charge in [0.1, 0.15) is 0 Å². The summed E-state index contributed by atoms with van der Waals surface area (Å²) < 4.78 is 29.8. The van der Waals surface area contributed by atoms with E-state index in [1.807, 2.05) is 4.90 Å². The number of nitrogens with one attached hydrogen (secondary N) is 1. The number of aromatic nitrogens is 2. The number of thiophene rings is 1. The third kappa shape index (κ3) is 6.57. The van der Waals surface area contributed by atoms with E-state index in [-0.39, 0.29) is 30.8 Å². The van der Waals surface area contributed by atoms with E-state index in [1.54, 1.807) is 30.6 Å². The quantitative estimate of drug-likeness (QED) is 0.446. The predicted octanol–water partition coefficient (Wildman–Crippen LogP) is 1.27. The third-order valence-corrected chi connectivity index (χ3v) is 6.60. The summed E-state index contributed by atoms with van der Waals surface area (Å²) >= 11 is 1.28. The van der Waals surface area contributed by atoms with E-state index < -0.39 is 10.0 Å². The van der Waals surface area contributed by atoms with Crippen molar-refractivity contribution in [2.75, 3.05) is 37.4 Å². The Morgan fingerprint density at radius 1 is 1.23 bits per heavy atom. The van der Waals surface area contributed by atoms with Crippen molar-refractivity contribution in [3.63, 3.8) is 0 Å². The second-order valence-corrected chi connectivity index (χ2v) is 10.0. The van der Waals surface area contributed by atoms with Crippen molar-refractivity contribution in [2.24, 2.45) is 5.92 Å². The Bertz CT molecular complexity index is 970. The lowest BCUT2D eigenvalue weighted by atomic mass is 9.97. The molecule has 0 spiro atoms. The first-order valence-electron chi connectivity index (χ1n) is 9.57. The molecule has 2 aromatic rings. The van der Waals surface area contributed by atoms with Crippen LogP contribution in [0.2, 0.25) is 0 Å². The first-order valence-corrected chi connectivity index (χ1v) is 12.3. The smallest absolute Gasteiger partial charge is 0.309 e. The van der Waals surface area contributed by atoms with Gasteiger partial charge in [-0.05, 0) is 37.5 Å². The fourth-order valence-electron chi connectivity index (χ4n) is 3.12. The highest BCUT2D eigenvalue weighted by Gasteiger charge is 2.27. The van der Waals surface area contributed by atoms with Gasteiger partial charge in [-0.2, -0.15) is 0 Å². The normalized spacial score (nSPS) is 15.2. The van der Waals surface area contributed by atoms with Crippen molar-refractivity contribution in [1.82, 2.24) is 14.7 Å². The Morgan fingerprint density at radius 2 is 1.93 bits per heavy atom. The first-order chi connectivity index (χ1) is 14.3. The van der Waals surface area contributed by atoms with Gasteiger partial charge < -0.3 is 9.64 Å². The fourth-order valence-corrected chi connectivity index (χ4v) is 4.52. The number of hydrogen-bond donors (Lipinski definition) is 1. The van der Waals surface area contributed by atoms with Gasteiger partial charge in [0.05, 0.1) is 17.1 Å². The largest absolute Gasteiger partial charge is 0.457 e. The number of carbonyl (C=O) groups excluding carboxylic acids is 2. The molecule has 1 saturated heterocycles. The SMILES string of the molecule is CS(=O)(=O)NCCc1ccc(C(=O)COC(=O)C2CCN(c3ncccn3)CC2)s1. The molecule has 1 fully saturated rings. The van der Waals surface area contributed by atoms with Gasteiger partial charge in [-0.25, -0.2) is 23.1 Å². The molecular weight excluding hydrogens is 428 g/mol. The van der Waals surface area contributed by atoms with Crippen molar-refractivity contribution in [2.45, 2.75) is 19.3 Å². The summed E-state index contributed by atoms with van der Waals surface area (Å²) in [4.78, 5) is 36.5. The maximum absolute atomic E-state index is 12.3. The first kappa shape index (κ1) is 22.3. The summed E-state index contributed by atoms with van der Waals surface area (Å²) in [7, 11) is -3.23. The lowest BCUT2D eigenvalue weighted by Gasteiger charge is -2.30. The number of anilines is 1. The molecule has 3 heterocycles. The van der Waals surface area contributed by atoms with Crippen molar-refractivity contribution in [1.29, 1.82) is 0 Å². The van der Waals surface area contributed by atoms with Crippen LogP contribution >= 0.6 is 11.3 Å². The highest BCUT2D eigenvalue weighted by molar-refractivity contribution is 7.88. The van der Waals surface area contributed by atoms with Crippen molar-refractivity contribution in [3.8, 4) is 0 Å². The summed E-state index contributed by atoms with van der Waals surface area (Å²) in [5.74, 6) is -0.199. The van der Waals surface area contributed by atoms with Gasteiger partial charge in [0, 0.05) is 36.9 Å². The number of ketones is 1. The molecule has 162 valence electrons. The van der Waals surface area contributed by atoms with E-state index in [2.05, 4.69) is 14.7 Å². The minimum Gasteiger partial charge on any atom is -0.457 e. The van der Waals surface area contributed by atoms with E-state index in [0.717, 1.165) is 11.1 Å². The zero-order chi connectivity index (χ0) is 21.6. The van der Waals surface area contributed by atoms with Crippen LogP contribution in [0.15, 0.2) is 30.6 Å². The van der Waals surface area contributed by atoms with Crippen LogP contribution in [0, 0.1) is 5.92 Å². The Morgan fingerprint density at radius 3 is 2.60 bits per heavy atom. The fraction of sp³-hybridized carbons (Fsp3) is 0.474. The van der Waals surface area contributed by atoms with E-state index >= 15 is 0 Å². The minimum absolute atomic E-state index is 0.237. The van der Waals surface area contributed by atoms with Crippen LogP contribution in [0.4, 0.5) is 5.95 Å². The molecule has 0 unspecified atom stereocenters. The molecule has 0 saturated carbocycles. The summed E-state index contributed by atoms with van der Waals surface area (Å²) in [6, 6.07) is 5.22. The molecule has 0 aromatic carbocycles. The number of hydrogen-bond acceptors (Lipinski definition) is 9. The number of esters is 1. The van der Waals surface area contributed by atoms with E-state index in [4.69, 9.17) is 4.74 Å². The van der Waals surface area contributed by atoms with E-state index in [9.17, 15) is 18.0 Å². The number of piperidine rings is 1. The molecule has 30 heavy (non-hydrogen) atoms. The molecule has 1 aliphatic rings. The Labute approximate surface area is 179 Å². The standard InChI is InChI=1S/C19H24N4O5S2/c1-30(26,27)22-10-5-15-3-4-17(29-15)16(24)13-28-18(25)14-6-11-23(12-7-14)19-20-8-2-9-21-19/h2-4,8-9,14,22H,5-7,10-13H2,1H3. The molecule has 1 aliphatic heterocycles. The second kappa shape index (κ2) is 10.1. The monoisotopic (exact) mass is 452 g/mol. The lowest BCUT2D eigenvalue weighted by molar-refractivity contribution is -0.148. The van der Waals surface area contributed by atoms with Crippen LogP contribution in [0.3, 0.4) is 0 Å². The molecule has 11 heteroatoms. The Balaban J connectivity index is 1.41. The van der Waals surface area contributed by atoms with Crippen LogP contribution in [-0.4, -0.2) is 62.6 Å². The summed E-state index contributed by atoms with van der Waals surface area (Å²) in [6.45, 7) is 1.30. The van der Waals surface area contributed by atoms with Crippen molar-refractivity contribution >= 4 is 39.1 Å². The van der Waals surface area contributed by atoms with Gasteiger partial charge in [0.15, 0.2) is 6.61 Å². The average molecular weight is 453 g/mol. The number of rotatable bonds is 9. The van der Waals surface area contributed by atoms with Crippen LogP contribution < -0.4 is 9.62 Å². The number of carbonyl (C=O) groups is 2. The maximum atomic E-state index is 12.3. The third-order valence-electron chi connectivity index (χ3n) is 4.68. The van der Waals surface area contributed by atoms with Gasteiger partial charge in [0.2, 0.25) is 21.8 Å². The number of sulfonamides is 1. The molecule has 0 bridgehead atoms. The average Bonchev–Trinajstić information content (AvgIpc) is 3.20. The van der Waals surface area contributed by atoms with Gasteiger partial charge in [-0.3, -0.25) is 9.59 Å². The number of ether oxygens (including phenoxy) is 1. The van der Waals surface area contributed by atoms with Gasteiger partial charge in [-0.15, -0.1) is 11.3 Å². The molecule has 0 aliphatic carbocycles. The highest BCUT2D eigenvalue weighted by atomic mass is 32.2. The second-order valence-electron chi connectivity index (χ2n) is 7.02. The molecule has 0 radical (unpaired) electrons. The molecule has 0 amide bonds. The van der Waals surface area contributed by atoms with E-state index in [0.29, 0.717) is 43.2 Å². The summed E-state index contributed by atoms with van der Waals surface area (Å²) in [6.07, 6.45) is 6.22. The summed E-state index contributed by atoms with van der Waals surface area (Å²) in [5, 5.41) is 0. The molecule has 9 nitrogen and oxygen atoms in total. The highest BCUT2D eigenvalue weighted by Crippen LogP contribution is 2.22. The topological polar surface area (TPSA) is 119 Å². The van der Waals surface area contributed by atoms with Gasteiger partial charge in [0.25, 0.3) is 0 Å². The molecular formula is C19H24N4O5S2. The van der Waals surface area contributed by atoms with Crippen LogP contribution in [0.25, 0.3) is 0 Å². The zero-order valence-electron chi connectivity index (χ0n) is 16.6. The summed E-state index contributed by atoms with van der Waals surface area (Å²) in [5.41, 5.74) is 0. The van der Waals surface area contributed by atoms with E-state index in [1.165, 1.54) is 11.3 Å². The predicted molar refractivity (Wildman–Crippen MR) is 113 cm³/mol.